The lowest BCUT2D eigenvalue weighted by Gasteiger charge is -2.41. The highest BCUT2D eigenvalue weighted by molar-refractivity contribution is 9.11. The zero-order valence-corrected chi connectivity index (χ0v) is 22.8. The summed E-state index contributed by atoms with van der Waals surface area (Å²) in [4.78, 5) is 13.8. The van der Waals surface area contributed by atoms with Crippen LogP contribution in [-0.4, -0.2) is 13.1 Å². The molecular formula is C29H45BrO2. The van der Waals surface area contributed by atoms with E-state index < -0.39 is 0 Å². The monoisotopic (exact) mass is 504 g/mol. The third kappa shape index (κ3) is 7.33. The molecule has 0 amide bonds. The van der Waals surface area contributed by atoms with Crippen molar-refractivity contribution >= 4 is 21.9 Å². The number of hydrogen-bond acceptors (Lipinski definition) is 2. The van der Waals surface area contributed by atoms with Gasteiger partial charge in [-0.25, -0.2) is 4.79 Å². The Kier molecular flexibility index (Phi) is 13.2. The highest BCUT2D eigenvalue weighted by Crippen LogP contribution is 2.57. The second-order valence-corrected chi connectivity index (χ2v) is 9.65. The standard InChI is InChI=1S/C15H20O2.C12H19Br.C2H6/c1-4-5-11-14(12(2)15(16)17-3)13-9-7-6-8-10-13;1-9-5-6-11-10(8-13)4-3-7-12(9,11)2;1-2/h6-10,14H,2,4-5,11H2,1,3H3;8-9,11H,3-7H2,1-2H3;1-2H3/b;10-8+;. The van der Waals surface area contributed by atoms with Crippen LogP contribution >= 0.6 is 15.9 Å². The summed E-state index contributed by atoms with van der Waals surface area (Å²) in [6, 6.07) is 10.0. The number of ether oxygens (including phenoxy) is 1. The van der Waals surface area contributed by atoms with Gasteiger partial charge < -0.3 is 4.74 Å². The van der Waals surface area contributed by atoms with Gasteiger partial charge in [0, 0.05) is 11.5 Å². The number of carbonyl (C=O) groups is 1. The van der Waals surface area contributed by atoms with Gasteiger partial charge in [0.15, 0.2) is 0 Å². The lowest BCUT2D eigenvalue weighted by Crippen LogP contribution is -2.31. The fourth-order valence-corrected chi connectivity index (χ4v) is 5.88. The molecule has 0 spiro atoms. The van der Waals surface area contributed by atoms with Gasteiger partial charge in [-0.05, 0) is 66.3 Å². The Bertz CT molecular complexity index is 724. The fourth-order valence-electron chi connectivity index (χ4n) is 5.34. The number of benzene rings is 1. The fraction of sp³-hybridized carbons (Fsp3) is 0.621. The minimum absolute atomic E-state index is 0.0728. The van der Waals surface area contributed by atoms with Gasteiger partial charge in [0.05, 0.1) is 7.11 Å². The molecule has 0 aliphatic heterocycles. The Hall–Kier alpha value is -1.35. The van der Waals surface area contributed by atoms with Gasteiger partial charge in [-0.15, -0.1) is 0 Å². The van der Waals surface area contributed by atoms with Gasteiger partial charge in [0.2, 0.25) is 0 Å². The molecule has 3 rings (SSSR count). The molecule has 4 unspecified atom stereocenters. The normalized spacial score (nSPS) is 26.0. The summed E-state index contributed by atoms with van der Waals surface area (Å²) >= 11 is 3.53. The molecule has 0 radical (unpaired) electrons. The van der Waals surface area contributed by atoms with Crippen molar-refractivity contribution in [3.63, 3.8) is 0 Å². The summed E-state index contributed by atoms with van der Waals surface area (Å²) in [7, 11) is 1.40. The van der Waals surface area contributed by atoms with E-state index in [0.29, 0.717) is 11.0 Å². The average molecular weight is 506 g/mol. The molecule has 1 aromatic carbocycles. The predicted molar refractivity (Wildman–Crippen MR) is 142 cm³/mol. The van der Waals surface area contributed by atoms with Crippen LogP contribution in [-0.2, 0) is 9.53 Å². The van der Waals surface area contributed by atoms with Gasteiger partial charge in [-0.2, -0.15) is 0 Å². The van der Waals surface area contributed by atoms with Crippen molar-refractivity contribution in [2.75, 3.05) is 7.11 Å². The van der Waals surface area contributed by atoms with Crippen molar-refractivity contribution in [1.29, 1.82) is 0 Å². The summed E-state index contributed by atoms with van der Waals surface area (Å²) in [6.45, 7) is 15.0. The van der Waals surface area contributed by atoms with Crippen LogP contribution in [0.15, 0.2) is 53.0 Å². The third-order valence-electron chi connectivity index (χ3n) is 7.50. The first-order valence-corrected chi connectivity index (χ1v) is 13.4. The molecule has 0 aromatic heterocycles. The molecule has 0 heterocycles. The molecule has 2 aliphatic carbocycles. The van der Waals surface area contributed by atoms with E-state index in [1.54, 1.807) is 5.57 Å². The molecule has 2 aliphatic rings. The summed E-state index contributed by atoms with van der Waals surface area (Å²) in [5, 5.41) is 0. The molecule has 0 bridgehead atoms. The molecule has 0 saturated heterocycles. The molecular weight excluding hydrogens is 460 g/mol. The highest BCUT2D eigenvalue weighted by Gasteiger charge is 2.46. The van der Waals surface area contributed by atoms with Crippen LogP contribution in [0.2, 0.25) is 0 Å². The van der Waals surface area contributed by atoms with Crippen molar-refractivity contribution in [3.05, 3.63) is 58.6 Å². The van der Waals surface area contributed by atoms with Gasteiger partial charge in [-0.1, -0.05) is 106 Å². The summed E-state index contributed by atoms with van der Waals surface area (Å²) < 4.78 is 4.76. The Labute approximate surface area is 206 Å². The molecule has 1 aromatic rings. The van der Waals surface area contributed by atoms with E-state index in [-0.39, 0.29) is 11.9 Å². The van der Waals surface area contributed by atoms with Crippen LogP contribution in [0.5, 0.6) is 0 Å². The number of unbranched alkanes of at least 4 members (excludes halogenated alkanes) is 1. The van der Waals surface area contributed by atoms with Gasteiger partial charge in [-0.3, -0.25) is 0 Å². The van der Waals surface area contributed by atoms with Crippen LogP contribution in [0, 0.1) is 17.3 Å². The van der Waals surface area contributed by atoms with Crippen LogP contribution in [0.3, 0.4) is 0 Å². The second kappa shape index (κ2) is 14.7. The number of carbonyl (C=O) groups excluding carboxylic acids is 1. The quantitative estimate of drug-likeness (QED) is 0.285. The second-order valence-electron chi connectivity index (χ2n) is 9.20. The van der Waals surface area contributed by atoms with E-state index in [2.05, 4.69) is 48.3 Å². The zero-order chi connectivity index (χ0) is 24.1. The van der Waals surface area contributed by atoms with Gasteiger partial charge in [0.25, 0.3) is 0 Å². The lowest BCUT2D eigenvalue weighted by molar-refractivity contribution is -0.136. The Balaban J connectivity index is 0.000000305. The lowest BCUT2D eigenvalue weighted by atomic mass is 9.64. The maximum Gasteiger partial charge on any atom is 0.333 e. The Morgan fingerprint density at radius 1 is 1.28 bits per heavy atom. The first-order valence-electron chi connectivity index (χ1n) is 12.5. The van der Waals surface area contributed by atoms with Gasteiger partial charge in [0.1, 0.15) is 0 Å². The number of methoxy groups -OCH3 is 1. The molecule has 2 saturated carbocycles. The van der Waals surface area contributed by atoms with Crippen molar-refractivity contribution in [3.8, 4) is 0 Å². The van der Waals surface area contributed by atoms with E-state index >= 15 is 0 Å². The number of rotatable bonds is 6. The molecule has 3 heteroatoms. The van der Waals surface area contributed by atoms with Crippen molar-refractivity contribution in [2.45, 2.75) is 91.9 Å². The van der Waals surface area contributed by atoms with Crippen molar-refractivity contribution < 1.29 is 9.53 Å². The van der Waals surface area contributed by atoms with E-state index in [1.807, 2.05) is 44.2 Å². The molecule has 32 heavy (non-hydrogen) atoms. The van der Waals surface area contributed by atoms with Crippen LogP contribution < -0.4 is 0 Å². The number of halogens is 1. The van der Waals surface area contributed by atoms with Crippen LogP contribution in [0.25, 0.3) is 0 Å². The number of esters is 1. The Morgan fingerprint density at radius 3 is 2.50 bits per heavy atom. The van der Waals surface area contributed by atoms with E-state index in [9.17, 15) is 4.79 Å². The van der Waals surface area contributed by atoms with Crippen LogP contribution in [0.1, 0.15) is 97.5 Å². The smallest absolute Gasteiger partial charge is 0.333 e. The molecule has 2 fully saturated rings. The topological polar surface area (TPSA) is 26.3 Å². The summed E-state index contributed by atoms with van der Waals surface area (Å²) in [6.07, 6.45) is 10.2. The van der Waals surface area contributed by atoms with Crippen LogP contribution in [0.4, 0.5) is 0 Å². The maximum absolute atomic E-state index is 11.6. The molecule has 180 valence electrons. The van der Waals surface area contributed by atoms with Gasteiger partial charge >= 0.3 is 5.97 Å². The first-order chi connectivity index (χ1) is 15.4. The Morgan fingerprint density at radius 2 is 1.94 bits per heavy atom. The highest BCUT2D eigenvalue weighted by atomic mass is 79.9. The maximum atomic E-state index is 11.6. The third-order valence-corrected chi connectivity index (χ3v) is 8.08. The van der Waals surface area contributed by atoms with E-state index in [0.717, 1.165) is 36.7 Å². The van der Waals surface area contributed by atoms with Crippen molar-refractivity contribution in [2.24, 2.45) is 17.3 Å². The zero-order valence-electron chi connectivity index (χ0n) is 21.3. The summed E-state index contributed by atoms with van der Waals surface area (Å²) in [5.74, 6) is 1.58. The SMILES string of the molecule is C=C(C(=O)OC)C(CCCC)c1ccccc1.CC.CC1CCC2/C(=C/Br)CCCC12C. The number of allylic oxidation sites excluding steroid dienone is 1. The minimum atomic E-state index is -0.310. The first kappa shape index (κ1) is 28.7. The number of fused-ring (bicyclic) bond motifs is 1. The largest absolute Gasteiger partial charge is 0.466 e. The molecule has 0 N–H and O–H groups in total. The van der Waals surface area contributed by atoms with E-state index in [4.69, 9.17) is 4.74 Å². The minimum Gasteiger partial charge on any atom is -0.466 e. The van der Waals surface area contributed by atoms with Crippen molar-refractivity contribution in [1.82, 2.24) is 0 Å². The predicted octanol–water partition coefficient (Wildman–Crippen LogP) is 9.22. The summed E-state index contributed by atoms with van der Waals surface area (Å²) in [5.41, 5.74) is 3.99. The molecule has 2 nitrogen and oxygen atoms in total. The van der Waals surface area contributed by atoms with E-state index in [1.165, 1.54) is 39.2 Å². The average Bonchev–Trinajstić information content (AvgIpc) is 3.15. The molecule has 4 atom stereocenters. The number of hydrogen-bond donors (Lipinski definition) is 0.